The molecule has 7 heteroatoms. The summed E-state index contributed by atoms with van der Waals surface area (Å²) in [7, 11) is 0. The summed E-state index contributed by atoms with van der Waals surface area (Å²) in [5.74, 6) is 3.83. The molecule has 3 aromatic rings. The van der Waals surface area contributed by atoms with E-state index in [2.05, 4.69) is 21.4 Å². The van der Waals surface area contributed by atoms with Crippen LogP contribution >= 0.6 is 0 Å². The van der Waals surface area contributed by atoms with E-state index < -0.39 is 0 Å². The van der Waals surface area contributed by atoms with Crippen molar-refractivity contribution < 1.29 is 14.3 Å². The summed E-state index contributed by atoms with van der Waals surface area (Å²) in [5.41, 5.74) is 2.86. The lowest BCUT2D eigenvalue weighted by Gasteiger charge is -2.56. The van der Waals surface area contributed by atoms with Crippen LogP contribution in [0.15, 0.2) is 42.5 Å². The lowest BCUT2D eigenvalue weighted by atomic mass is 9.53. The molecule has 1 heterocycles. The number of rotatable bonds is 8. The molecular weight excluding hydrogens is 464 g/mol. The fraction of sp³-hybridized carbons (Fsp3) is 0.433. The monoisotopic (exact) mass is 496 g/mol. The molecule has 4 saturated carbocycles. The van der Waals surface area contributed by atoms with Crippen LogP contribution in [0, 0.1) is 29.1 Å². The Morgan fingerprint density at radius 2 is 1.84 bits per heavy atom. The zero-order valence-corrected chi connectivity index (χ0v) is 21.1. The van der Waals surface area contributed by atoms with E-state index in [1.165, 1.54) is 19.3 Å². The maximum Gasteiger partial charge on any atom is 0.258 e. The summed E-state index contributed by atoms with van der Waals surface area (Å²) >= 11 is 0. The van der Waals surface area contributed by atoms with Gasteiger partial charge in [-0.3, -0.25) is 4.79 Å². The average molecular weight is 497 g/mol. The minimum atomic E-state index is -0.0648. The van der Waals surface area contributed by atoms with E-state index in [1.807, 2.05) is 43.3 Å². The maximum absolute atomic E-state index is 12.9. The first-order valence-corrected chi connectivity index (χ1v) is 13.3. The summed E-state index contributed by atoms with van der Waals surface area (Å²) in [6, 6.07) is 15.4. The third-order valence-electron chi connectivity index (χ3n) is 8.15. The van der Waals surface area contributed by atoms with Crippen molar-refractivity contribution in [3.05, 3.63) is 53.9 Å². The third-order valence-corrected chi connectivity index (χ3v) is 8.15. The SMILES string of the molecule is CCOc1cc(C=C(C#N)c2nc3ccccc3[nH]2)ccc1OCC(=O)NC12CC3CC(CC(C3)C1)C2. The Balaban J connectivity index is 1.15. The van der Waals surface area contributed by atoms with E-state index >= 15 is 0 Å². The minimum absolute atomic E-state index is 0.0308. The number of carbonyl (C=O) groups excluding carboxylic acids is 1. The highest BCUT2D eigenvalue weighted by Gasteiger charge is 2.51. The number of aromatic amines is 1. The molecule has 2 N–H and O–H groups in total. The number of aromatic nitrogens is 2. The number of nitriles is 1. The number of imidazole rings is 1. The Morgan fingerprint density at radius 3 is 2.51 bits per heavy atom. The molecule has 1 aromatic heterocycles. The van der Waals surface area contributed by atoms with Gasteiger partial charge in [0.15, 0.2) is 18.1 Å². The third kappa shape index (κ3) is 4.81. The molecule has 190 valence electrons. The molecule has 0 radical (unpaired) electrons. The van der Waals surface area contributed by atoms with Gasteiger partial charge in [0, 0.05) is 5.54 Å². The lowest BCUT2D eigenvalue weighted by Crippen LogP contribution is -2.60. The fourth-order valence-electron chi connectivity index (χ4n) is 7.14. The van der Waals surface area contributed by atoms with Gasteiger partial charge in [-0.2, -0.15) is 5.26 Å². The number of fused-ring (bicyclic) bond motifs is 1. The Morgan fingerprint density at radius 1 is 1.11 bits per heavy atom. The Hall–Kier alpha value is -3.79. The van der Waals surface area contributed by atoms with Gasteiger partial charge in [0.25, 0.3) is 5.91 Å². The number of para-hydroxylation sites is 2. The van der Waals surface area contributed by atoms with Crippen LogP contribution in [0.5, 0.6) is 11.5 Å². The molecule has 1 amide bonds. The van der Waals surface area contributed by atoms with Gasteiger partial charge in [0.05, 0.1) is 23.2 Å². The first-order valence-electron chi connectivity index (χ1n) is 13.3. The molecule has 7 nitrogen and oxygen atoms in total. The predicted octanol–water partition coefficient (Wildman–Crippen LogP) is 5.49. The highest BCUT2D eigenvalue weighted by atomic mass is 16.5. The van der Waals surface area contributed by atoms with Crippen molar-refractivity contribution >= 4 is 28.6 Å². The second kappa shape index (κ2) is 9.59. The van der Waals surface area contributed by atoms with Crippen molar-refractivity contribution in [2.75, 3.05) is 13.2 Å². The quantitative estimate of drug-likeness (QED) is 0.402. The molecule has 0 aliphatic heterocycles. The zero-order chi connectivity index (χ0) is 25.4. The molecule has 0 unspecified atom stereocenters. The Labute approximate surface area is 216 Å². The van der Waals surface area contributed by atoms with Crippen LogP contribution in [-0.4, -0.2) is 34.6 Å². The molecule has 0 spiro atoms. The summed E-state index contributed by atoms with van der Waals surface area (Å²) in [6.07, 6.45) is 9.13. The molecule has 4 bridgehead atoms. The topological polar surface area (TPSA) is 100 Å². The highest BCUT2D eigenvalue weighted by molar-refractivity contribution is 5.90. The number of carbonyl (C=O) groups is 1. The molecule has 0 atom stereocenters. The Kier molecular flexibility index (Phi) is 6.11. The van der Waals surface area contributed by atoms with Gasteiger partial charge < -0.3 is 19.8 Å². The molecule has 0 saturated heterocycles. The van der Waals surface area contributed by atoms with Gasteiger partial charge in [-0.05, 0) is 99.1 Å². The summed E-state index contributed by atoms with van der Waals surface area (Å²) in [5, 5.41) is 13.1. The van der Waals surface area contributed by atoms with Crippen molar-refractivity contribution in [3.63, 3.8) is 0 Å². The van der Waals surface area contributed by atoms with Gasteiger partial charge in [-0.1, -0.05) is 18.2 Å². The lowest BCUT2D eigenvalue weighted by molar-refractivity contribution is -0.128. The second-order valence-electron chi connectivity index (χ2n) is 10.9. The van der Waals surface area contributed by atoms with E-state index in [4.69, 9.17) is 9.47 Å². The predicted molar refractivity (Wildman–Crippen MR) is 142 cm³/mol. The number of H-pyrrole nitrogens is 1. The van der Waals surface area contributed by atoms with Crippen LogP contribution < -0.4 is 14.8 Å². The standard InChI is InChI=1S/C30H32N4O3/c1-2-36-27-13-19(12-23(17-31)29-32-24-5-3-4-6-25(24)33-29)7-8-26(27)37-18-28(35)34-30-14-20-9-21(15-30)11-22(10-20)16-30/h3-8,12-13,20-22H,2,9-11,14-16,18H2,1H3,(H,32,33)(H,34,35). The van der Waals surface area contributed by atoms with Crippen LogP contribution in [0.4, 0.5) is 0 Å². The molecular formula is C30H32N4O3. The van der Waals surface area contributed by atoms with Crippen LogP contribution in [0.1, 0.15) is 56.8 Å². The second-order valence-corrected chi connectivity index (χ2v) is 10.9. The largest absolute Gasteiger partial charge is 0.490 e. The van der Waals surface area contributed by atoms with Gasteiger partial charge in [-0.25, -0.2) is 4.98 Å². The van der Waals surface area contributed by atoms with Crippen molar-refractivity contribution in [2.45, 2.75) is 51.0 Å². The average Bonchev–Trinajstić information content (AvgIpc) is 3.30. The molecule has 2 aromatic carbocycles. The van der Waals surface area contributed by atoms with Crippen LogP contribution in [0.25, 0.3) is 22.7 Å². The number of nitrogens with one attached hydrogen (secondary N) is 2. The Bertz CT molecular complexity index is 1330. The van der Waals surface area contributed by atoms with Crippen molar-refractivity contribution in [1.82, 2.24) is 15.3 Å². The fourth-order valence-corrected chi connectivity index (χ4v) is 7.14. The first kappa shape index (κ1) is 23.6. The van der Waals surface area contributed by atoms with Gasteiger partial charge in [0.2, 0.25) is 0 Å². The number of hydrogen-bond acceptors (Lipinski definition) is 5. The van der Waals surface area contributed by atoms with Crippen LogP contribution in [-0.2, 0) is 4.79 Å². The molecule has 4 fully saturated rings. The van der Waals surface area contributed by atoms with Gasteiger partial charge >= 0.3 is 0 Å². The van der Waals surface area contributed by atoms with Crippen molar-refractivity contribution in [1.29, 1.82) is 5.26 Å². The van der Waals surface area contributed by atoms with Gasteiger partial charge in [-0.15, -0.1) is 0 Å². The van der Waals surface area contributed by atoms with Crippen molar-refractivity contribution in [3.8, 4) is 17.6 Å². The number of amides is 1. The highest BCUT2D eigenvalue weighted by Crippen LogP contribution is 2.55. The molecule has 7 rings (SSSR count). The van der Waals surface area contributed by atoms with E-state index in [-0.39, 0.29) is 18.1 Å². The van der Waals surface area contributed by atoms with E-state index in [1.54, 1.807) is 12.1 Å². The first-order chi connectivity index (χ1) is 18.0. The van der Waals surface area contributed by atoms with Crippen molar-refractivity contribution in [2.24, 2.45) is 17.8 Å². The molecule has 37 heavy (non-hydrogen) atoms. The van der Waals surface area contributed by atoms with E-state index in [0.717, 1.165) is 53.6 Å². The maximum atomic E-state index is 12.9. The van der Waals surface area contributed by atoms with Gasteiger partial charge in [0.1, 0.15) is 11.9 Å². The van der Waals surface area contributed by atoms with E-state index in [0.29, 0.717) is 29.5 Å². The minimum Gasteiger partial charge on any atom is -0.490 e. The van der Waals surface area contributed by atoms with Crippen LogP contribution in [0.3, 0.4) is 0 Å². The number of hydrogen-bond donors (Lipinski definition) is 2. The zero-order valence-electron chi connectivity index (χ0n) is 21.1. The number of nitrogens with zero attached hydrogens (tertiary/aromatic N) is 2. The smallest absolute Gasteiger partial charge is 0.258 e. The number of benzene rings is 2. The molecule has 4 aliphatic rings. The summed E-state index contributed by atoms with van der Waals surface area (Å²) < 4.78 is 11.8. The van der Waals surface area contributed by atoms with Crippen LogP contribution in [0.2, 0.25) is 0 Å². The number of allylic oxidation sites excluding steroid dienone is 1. The summed E-state index contributed by atoms with van der Waals surface area (Å²) in [4.78, 5) is 20.7. The summed E-state index contributed by atoms with van der Waals surface area (Å²) in [6.45, 7) is 2.32. The normalized spacial score (nSPS) is 26.2. The van der Waals surface area contributed by atoms with E-state index in [9.17, 15) is 10.1 Å². The molecule has 4 aliphatic carbocycles. The number of ether oxygens (including phenoxy) is 2.